The monoisotopic (exact) mass is 211 g/mol. The molecule has 0 heterocycles. The fraction of sp³-hybridized carbons (Fsp3) is 0. The molecule has 0 spiro atoms. The molecule has 1 aromatic rings. The Balaban J connectivity index is 2.98. The zero-order valence-corrected chi connectivity index (χ0v) is 8.56. The van der Waals surface area contributed by atoms with E-state index >= 15 is 0 Å². The van der Waals surface area contributed by atoms with Crippen LogP contribution in [0.2, 0.25) is 0 Å². The van der Waals surface area contributed by atoms with Gasteiger partial charge in [-0.2, -0.15) is 4.89 Å². The molecule has 0 aromatic heterocycles. The zero-order chi connectivity index (χ0) is 10.4. The highest BCUT2D eigenvalue weighted by molar-refractivity contribution is 7.68. The predicted octanol–water partition coefficient (Wildman–Crippen LogP) is 2.39. The first-order valence-electron chi connectivity index (χ1n) is 3.99. The Morgan fingerprint density at radius 2 is 1.57 bits per heavy atom. The van der Waals surface area contributed by atoms with Crippen molar-refractivity contribution >= 4 is 13.2 Å². The van der Waals surface area contributed by atoms with Crippen LogP contribution in [0.4, 0.5) is 0 Å². The molecule has 4 heteroatoms. The van der Waals surface area contributed by atoms with Gasteiger partial charge in [0.1, 0.15) is 12.5 Å². The highest BCUT2D eigenvalue weighted by Gasteiger charge is 2.44. The molecule has 0 fully saturated rings. The molecule has 1 N–H and O–H groups in total. The van der Waals surface area contributed by atoms with Crippen LogP contribution in [0.5, 0.6) is 0 Å². The van der Waals surface area contributed by atoms with Crippen molar-refractivity contribution in [3.8, 4) is 0 Å². The summed E-state index contributed by atoms with van der Waals surface area (Å²) in [5, 5.41) is 0.583. The summed E-state index contributed by atoms with van der Waals surface area (Å²) in [4.78, 5) is 10.0. The third-order valence-corrected chi connectivity index (χ3v) is 3.34. The van der Waals surface area contributed by atoms with Gasteiger partial charge >= 0.3 is 7.94 Å². The minimum absolute atomic E-state index is 0.583. The third kappa shape index (κ3) is 2.34. The lowest BCUT2D eigenvalue weighted by Gasteiger charge is -2.12. The van der Waals surface area contributed by atoms with Crippen molar-refractivity contribution in [3.05, 3.63) is 56.0 Å². The van der Waals surface area contributed by atoms with Gasteiger partial charge in [0, 0.05) is 0 Å². The summed E-state index contributed by atoms with van der Waals surface area (Å²) in [7, 11) is -3.06. The number of hydrogen-bond acceptors (Lipinski definition) is 3. The van der Waals surface area contributed by atoms with Gasteiger partial charge in [-0.25, -0.2) is 0 Å². The maximum absolute atomic E-state index is 10.0. The minimum atomic E-state index is -3.06. The first-order valence-corrected chi connectivity index (χ1v) is 5.56. The van der Waals surface area contributed by atoms with E-state index in [0.717, 1.165) is 12.5 Å². The number of benzene rings is 1. The van der Waals surface area contributed by atoms with E-state index in [2.05, 4.69) is 13.2 Å². The summed E-state index contributed by atoms with van der Waals surface area (Å²) in [6.45, 7) is 6.77. The molecule has 0 aliphatic heterocycles. The topological polar surface area (TPSA) is 38.7 Å². The molecule has 0 radical (unpaired) electrons. The summed E-state index contributed by atoms with van der Waals surface area (Å²) >= 11 is 0. The summed E-state index contributed by atoms with van der Waals surface area (Å²) in [6, 6.07) is 8.87. The van der Waals surface area contributed by atoms with Gasteiger partial charge in [-0.3, -0.25) is 9.05 Å². The van der Waals surface area contributed by atoms with Gasteiger partial charge in [0.05, 0.1) is 0 Å². The van der Waals surface area contributed by atoms with E-state index in [4.69, 9.17) is 9.05 Å². The molecule has 14 heavy (non-hydrogen) atoms. The molecule has 0 saturated heterocycles. The van der Waals surface area contributed by atoms with Gasteiger partial charge in [0.25, 0.3) is 0 Å². The van der Waals surface area contributed by atoms with Crippen molar-refractivity contribution in [2.24, 2.45) is 0 Å². The van der Waals surface area contributed by atoms with Gasteiger partial charge in [-0.05, 0) is 12.1 Å². The first-order chi connectivity index (χ1) is 6.73. The van der Waals surface area contributed by atoms with Crippen LogP contribution >= 0.6 is 7.94 Å². The first kappa shape index (κ1) is 10.8. The van der Waals surface area contributed by atoms with Crippen molar-refractivity contribution in [1.82, 2.24) is 0 Å². The van der Waals surface area contributed by atoms with Crippen molar-refractivity contribution < 1.29 is 13.9 Å². The zero-order valence-electron chi connectivity index (χ0n) is 7.67. The third-order valence-electron chi connectivity index (χ3n) is 1.52. The van der Waals surface area contributed by atoms with E-state index < -0.39 is 7.94 Å². The van der Waals surface area contributed by atoms with Crippen molar-refractivity contribution in [2.75, 3.05) is 0 Å². The molecular formula is C10H12O3P+. The minimum Gasteiger partial charge on any atom is -0.282 e. The smallest absolute Gasteiger partial charge is 0.282 e. The van der Waals surface area contributed by atoms with Crippen LogP contribution < -0.4 is 5.30 Å². The van der Waals surface area contributed by atoms with E-state index in [0.29, 0.717) is 5.30 Å². The molecule has 1 rings (SSSR count). The Morgan fingerprint density at radius 3 is 2.00 bits per heavy atom. The lowest BCUT2D eigenvalue weighted by molar-refractivity contribution is 0.304. The summed E-state index contributed by atoms with van der Waals surface area (Å²) in [5.74, 6) is 0. The highest BCUT2D eigenvalue weighted by atomic mass is 31.2. The van der Waals surface area contributed by atoms with Crippen LogP contribution in [-0.4, -0.2) is 4.89 Å². The summed E-state index contributed by atoms with van der Waals surface area (Å²) in [5.41, 5.74) is 0. The van der Waals surface area contributed by atoms with Crippen LogP contribution in [0.3, 0.4) is 0 Å². The molecule has 0 amide bonds. The van der Waals surface area contributed by atoms with E-state index in [9.17, 15) is 4.89 Å². The van der Waals surface area contributed by atoms with E-state index in [1.807, 2.05) is 6.07 Å². The van der Waals surface area contributed by atoms with Crippen LogP contribution in [-0.2, 0) is 9.05 Å². The molecular weight excluding hydrogens is 199 g/mol. The van der Waals surface area contributed by atoms with Gasteiger partial charge < -0.3 is 0 Å². The highest BCUT2D eigenvalue weighted by Crippen LogP contribution is 2.55. The molecule has 0 unspecified atom stereocenters. The van der Waals surface area contributed by atoms with Gasteiger partial charge in [-0.15, -0.1) is 0 Å². The molecule has 0 atom stereocenters. The average molecular weight is 211 g/mol. The molecule has 0 saturated carbocycles. The van der Waals surface area contributed by atoms with Crippen LogP contribution in [0.25, 0.3) is 0 Å². The Morgan fingerprint density at radius 1 is 1.07 bits per heavy atom. The second kappa shape index (κ2) is 4.80. The lowest BCUT2D eigenvalue weighted by Crippen LogP contribution is -2.12. The molecule has 0 bridgehead atoms. The second-order valence-corrected chi connectivity index (χ2v) is 4.38. The Kier molecular flexibility index (Phi) is 3.69. The van der Waals surface area contributed by atoms with Gasteiger partial charge in [-0.1, -0.05) is 31.4 Å². The van der Waals surface area contributed by atoms with Crippen molar-refractivity contribution in [2.45, 2.75) is 0 Å². The molecule has 0 aliphatic carbocycles. The van der Waals surface area contributed by atoms with E-state index in [1.54, 1.807) is 24.3 Å². The van der Waals surface area contributed by atoms with Crippen LogP contribution in [0.1, 0.15) is 0 Å². The standard InChI is InChI=1S/C10H12O3P/c1-3-12-14(11,13-4-2)10-8-6-5-7-9-10/h3-9,11H,1-2H2/q+1. The Bertz CT molecular complexity index is 300. The van der Waals surface area contributed by atoms with Gasteiger partial charge in [0.2, 0.25) is 5.30 Å². The van der Waals surface area contributed by atoms with Gasteiger partial charge in [0.15, 0.2) is 0 Å². The maximum atomic E-state index is 10.0. The fourth-order valence-corrected chi connectivity index (χ4v) is 2.21. The maximum Gasteiger partial charge on any atom is 0.531 e. The summed E-state index contributed by atoms with van der Waals surface area (Å²) < 4.78 is 9.99. The van der Waals surface area contributed by atoms with Crippen LogP contribution in [0.15, 0.2) is 56.0 Å². The fourth-order valence-electron chi connectivity index (χ4n) is 0.965. The molecule has 1 aromatic carbocycles. The number of rotatable bonds is 5. The molecule has 3 nitrogen and oxygen atoms in total. The summed E-state index contributed by atoms with van der Waals surface area (Å²) in [6.07, 6.45) is 2.31. The van der Waals surface area contributed by atoms with Crippen molar-refractivity contribution in [3.63, 3.8) is 0 Å². The Hall–Kier alpha value is -1.31. The normalized spacial score (nSPS) is 10.4. The van der Waals surface area contributed by atoms with Crippen LogP contribution in [0, 0.1) is 0 Å². The second-order valence-electron chi connectivity index (χ2n) is 2.40. The largest absolute Gasteiger partial charge is 0.531 e. The SMILES string of the molecule is C=CO[P+](O)(OC=C)c1ccccc1. The number of hydrogen-bond donors (Lipinski definition) is 1. The quantitative estimate of drug-likeness (QED) is 0.600. The molecule has 0 aliphatic rings. The average Bonchev–Trinajstić information content (AvgIpc) is 2.20. The van der Waals surface area contributed by atoms with E-state index in [-0.39, 0.29) is 0 Å². The van der Waals surface area contributed by atoms with Crippen molar-refractivity contribution in [1.29, 1.82) is 0 Å². The molecule has 74 valence electrons. The van der Waals surface area contributed by atoms with E-state index in [1.165, 1.54) is 0 Å². The Labute approximate surface area is 83.9 Å². The predicted molar refractivity (Wildman–Crippen MR) is 57.8 cm³/mol. The lowest BCUT2D eigenvalue weighted by atomic mass is 10.4.